The topological polar surface area (TPSA) is 43.4 Å². The lowest BCUT2D eigenvalue weighted by molar-refractivity contribution is -0.139. The molecule has 3 heteroatoms. The Morgan fingerprint density at radius 2 is 1.93 bits per heavy atom. The smallest absolute Gasteiger partial charge is 0.293 e. The van der Waals surface area contributed by atoms with Crippen LogP contribution in [0.5, 0.6) is 0 Å². The van der Waals surface area contributed by atoms with Gasteiger partial charge < -0.3 is 9.53 Å². The van der Waals surface area contributed by atoms with Crippen LogP contribution in [0.1, 0.15) is 39.5 Å². The fourth-order valence-electron chi connectivity index (χ4n) is 1.32. The third kappa shape index (κ3) is 7.11. The molecule has 0 saturated heterocycles. The first kappa shape index (κ1) is 14.1. The number of hydrogen-bond donors (Lipinski definition) is 0. The molecule has 85 valence electrons. The van der Waals surface area contributed by atoms with E-state index < -0.39 is 5.60 Å². The minimum absolute atomic E-state index is 0.456. The zero-order chi connectivity index (χ0) is 11.6. The zero-order valence-corrected chi connectivity index (χ0v) is 9.44. The van der Waals surface area contributed by atoms with Crippen molar-refractivity contribution in [1.29, 1.82) is 0 Å². The summed E-state index contributed by atoms with van der Waals surface area (Å²) in [6, 6.07) is 0. The first-order valence-electron chi connectivity index (χ1n) is 5.26. The predicted molar refractivity (Wildman–Crippen MR) is 58.7 cm³/mol. The van der Waals surface area contributed by atoms with Gasteiger partial charge in [-0.2, -0.15) is 0 Å². The Kier molecular flexibility index (Phi) is 7.96. The van der Waals surface area contributed by atoms with Gasteiger partial charge in [0.1, 0.15) is 11.9 Å². The largest absolute Gasteiger partial charge is 0.461 e. The van der Waals surface area contributed by atoms with Crippen LogP contribution in [0.2, 0.25) is 0 Å². The van der Waals surface area contributed by atoms with Crippen LogP contribution in [0.15, 0.2) is 0 Å². The van der Waals surface area contributed by atoms with Crippen molar-refractivity contribution in [1.82, 2.24) is 0 Å². The van der Waals surface area contributed by atoms with Crippen molar-refractivity contribution in [3.05, 3.63) is 19.3 Å². The van der Waals surface area contributed by atoms with Crippen LogP contribution in [0.4, 0.5) is 0 Å². The van der Waals surface area contributed by atoms with Gasteiger partial charge in [-0.25, -0.2) is 0 Å². The van der Waals surface area contributed by atoms with Gasteiger partial charge in [-0.3, -0.25) is 4.79 Å². The van der Waals surface area contributed by atoms with Gasteiger partial charge in [0.2, 0.25) is 0 Å². The Balaban J connectivity index is 3.93. The average Bonchev–Trinajstić information content (AvgIpc) is 2.19. The van der Waals surface area contributed by atoms with Crippen molar-refractivity contribution >= 4 is 12.8 Å². The van der Waals surface area contributed by atoms with Gasteiger partial charge in [0.25, 0.3) is 6.47 Å². The number of rotatable bonds is 10. The number of ether oxygens (including phenoxy) is 1. The molecule has 1 atom stereocenters. The number of unbranched alkanes of at least 4 members (excludes halogenated alkanes) is 3. The van der Waals surface area contributed by atoms with E-state index in [1.807, 2.05) is 6.92 Å². The van der Waals surface area contributed by atoms with E-state index in [9.17, 15) is 9.59 Å². The minimum Gasteiger partial charge on any atom is -0.461 e. The first-order chi connectivity index (χ1) is 7.18. The summed E-state index contributed by atoms with van der Waals surface area (Å²) >= 11 is 0. The fourth-order valence-corrected chi connectivity index (χ4v) is 1.32. The lowest BCUT2D eigenvalue weighted by Gasteiger charge is -2.27. The lowest BCUT2D eigenvalue weighted by atomic mass is 9.92. The second-order valence-corrected chi connectivity index (χ2v) is 3.67. The summed E-state index contributed by atoms with van der Waals surface area (Å²) in [5.41, 5.74) is -0.587. The van der Waals surface area contributed by atoms with Crippen molar-refractivity contribution in [2.75, 3.05) is 0 Å². The highest BCUT2D eigenvalue weighted by atomic mass is 16.5. The molecule has 0 aliphatic carbocycles. The van der Waals surface area contributed by atoms with Gasteiger partial charge in [0.15, 0.2) is 0 Å². The predicted octanol–water partition coefficient (Wildman–Crippen LogP) is 2.31. The van der Waals surface area contributed by atoms with Crippen molar-refractivity contribution in [3.8, 4) is 0 Å². The van der Waals surface area contributed by atoms with E-state index >= 15 is 0 Å². The summed E-state index contributed by atoms with van der Waals surface area (Å²) in [6.07, 6.45) is 9.46. The molecule has 15 heavy (non-hydrogen) atoms. The highest BCUT2D eigenvalue weighted by Crippen LogP contribution is 2.23. The summed E-state index contributed by atoms with van der Waals surface area (Å²) in [5, 5.41) is 0. The van der Waals surface area contributed by atoms with Gasteiger partial charge in [-0.05, 0) is 26.2 Å². The number of aldehydes is 1. The molecule has 0 aliphatic heterocycles. The fraction of sp³-hybridized carbons (Fsp3) is 0.583. The summed E-state index contributed by atoms with van der Waals surface area (Å²) in [7, 11) is 0. The van der Waals surface area contributed by atoms with Gasteiger partial charge >= 0.3 is 0 Å². The molecule has 0 fully saturated rings. The highest BCUT2D eigenvalue weighted by molar-refractivity contribution is 5.64. The van der Waals surface area contributed by atoms with Gasteiger partial charge in [-0.15, -0.1) is 0 Å². The maximum Gasteiger partial charge on any atom is 0.293 e. The summed E-state index contributed by atoms with van der Waals surface area (Å²) < 4.78 is 5.02. The van der Waals surface area contributed by atoms with E-state index in [0.29, 0.717) is 12.8 Å². The molecule has 0 saturated carbocycles. The van der Waals surface area contributed by atoms with E-state index in [1.165, 1.54) is 6.42 Å². The second-order valence-electron chi connectivity index (χ2n) is 3.67. The number of carbonyl (C=O) groups excluding carboxylic acids is 2. The van der Waals surface area contributed by atoms with Crippen LogP contribution >= 0.6 is 0 Å². The van der Waals surface area contributed by atoms with Crippen LogP contribution in [0, 0.1) is 19.3 Å². The quantitative estimate of drug-likeness (QED) is 0.411. The van der Waals surface area contributed by atoms with Crippen LogP contribution in [0.3, 0.4) is 0 Å². The Hall–Kier alpha value is -0.860. The molecule has 0 aromatic carbocycles. The average molecular weight is 211 g/mol. The molecule has 0 amide bonds. The van der Waals surface area contributed by atoms with Gasteiger partial charge in [0, 0.05) is 12.8 Å². The van der Waals surface area contributed by atoms with E-state index in [4.69, 9.17) is 4.74 Å². The molecule has 3 nitrogen and oxygen atoms in total. The van der Waals surface area contributed by atoms with Crippen molar-refractivity contribution in [2.45, 2.75) is 45.1 Å². The van der Waals surface area contributed by atoms with E-state index in [2.05, 4.69) is 6.92 Å². The Bertz CT molecular complexity index is 180. The number of hydrogen-bond acceptors (Lipinski definition) is 3. The minimum atomic E-state index is -0.587. The lowest BCUT2D eigenvalue weighted by Crippen LogP contribution is -2.29. The molecule has 0 heterocycles. The van der Waals surface area contributed by atoms with Gasteiger partial charge in [0.05, 0.1) is 0 Å². The van der Waals surface area contributed by atoms with Crippen molar-refractivity contribution < 1.29 is 14.3 Å². The second kappa shape index (κ2) is 8.45. The van der Waals surface area contributed by atoms with Crippen LogP contribution in [0.25, 0.3) is 0 Å². The van der Waals surface area contributed by atoms with E-state index in [-0.39, 0.29) is 0 Å². The van der Waals surface area contributed by atoms with Gasteiger partial charge in [-0.1, -0.05) is 19.8 Å². The summed E-state index contributed by atoms with van der Waals surface area (Å²) in [4.78, 5) is 20.4. The molecule has 0 rings (SSSR count). The normalized spacial score (nSPS) is 14.3. The zero-order valence-electron chi connectivity index (χ0n) is 9.44. The van der Waals surface area contributed by atoms with E-state index in [1.54, 1.807) is 12.8 Å². The molecule has 0 N–H and O–H groups in total. The van der Waals surface area contributed by atoms with Crippen molar-refractivity contribution in [3.63, 3.8) is 0 Å². The van der Waals surface area contributed by atoms with Crippen LogP contribution in [-0.4, -0.2) is 18.4 Å². The molecular formula is C12H19O3. The Labute approximate surface area is 92.2 Å². The summed E-state index contributed by atoms with van der Waals surface area (Å²) in [5.74, 6) is 0. The SMILES string of the molecule is CCCCC[C@](C)([CH][CH][CH]C=O)OC=O. The summed E-state index contributed by atoms with van der Waals surface area (Å²) in [6.45, 7) is 4.41. The van der Waals surface area contributed by atoms with Crippen molar-refractivity contribution in [2.24, 2.45) is 0 Å². The first-order valence-corrected chi connectivity index (χ1v) is 5.26. The van der Waals surface area contributed by atoms with E-state index in [0.717, 1.165) is 25.7 Å². The molecule has 3 radical (unpaired) electrons. The maximum absolute atomic E-state index is 10.4. The molecule has 0 aromatic rings. The standard InChI is InChI=1S/C12H19O3/c1-3-4-5-8-12(2,15-11-14)9-6-7-10-13/h6-7,9-11H,3-5,8H2,1-2H3/t12-/m1/s1. The monoisotopic (exact) mass is 211 g/mol. The molecular weight excluding hydrogens is 192 g/mol. The number of carbonyl (C=O) groups is 2. The highest BCUT2D eigenvalue weighted by Gasteiger charge is 2.24. The molecule has 0 spiro atoms. The third-order valence-electron chi connectivity index (χ3n) is 2.23. The maximum atomic E-state index is 10.4. The Morgan fingerprint density at radius 3 is 2.47 bits per heavy atom. The molecule has 0 aliphatic rings. The molecule has 0 unspecified atom stereocenters. The van der Waals surface area contributed by atoms with Crippen LogP contribution in [-0.2, 0) is 14.3 Å². The van der Waals surface area contributed by atoms with Crippen LogP contribution < -0.4 is 0 Å². The Morgan fingerprint density at radius 1 is 1.20 bits per heavy atom. The molecule has 0 aromatic heterocycles. The molecule has 0 bridgehead atoms. The third-order valence-corrected chi connectivity index (χ3v) is 2.23.